The van der Waals surface area contributed by atoms with Crippen LogP contribution in [0.3, 0.4) is 0 Å². The predicted octanol–water partition coefficient (Wildman–Crippen LogP) is 1.44. The normalized spacial score (nSPS) is 13.1. The Hall–Kier alpha value is -2.46. The van der Waals surface area contributed by atoms with Gasteiger partial charge in [-0.05, 0) is 38.2 Å². The maximum absolute atomic E-state index is 12.1. The van der Waals surface area contributed by atoms with Gasteiger partial charge in [0, 0.05) is 16.0 Å². The van der Waals surface area contributed by atoms with E-state index in [-0.39, 0.29) is 11.4 Å². The summed E-state index contributed by atoms with van der Waals surface area (Å²) in [7, 11) is 0. The molecule has 0 saturated carbocycles. The van der Waals surface area contributed by atoms with Gasteiger partial charge in [0.1, 0.15) is 11.5 Å². The minimum absolute atomic E-state index is 0.249. The highest BCUT2D eigenvalue weighted by Gasteiger charge is 2.25. The van der Waals surface area contributed by atoms with Crippen molar-refractivity contribution in [2.45, 2.75) is 39.2 Å². The number of nitrogens with one attached hydrogen (secondary N) is 1. The number of esters is 1. The molecule has 2 amide bonds. The van der Waals surface area contributed by atoms with Crippen molar-refractivity contribution in [2.24, 2.45) is 5.73 Å². The topological polar surface area (TPSA) is 120 Å². The lowest BCUT2D eigenvalue weighted by atomic mass is 9.95. The number of nitrogens with two attached hydrogens (primary N) is 1. The molecule has 1 aliphatic rings. The monoisotopic (exact) mass is 409 g/mol. The third kappa shape index (κ3) is 4.28. The first-order valence-electron chi connectivity index (χ1n) is 8.41. The quantitative estimate of drug-likeness (QED) is 0.700. The Morgan fingerprint density at radius 1 is 1.30 bits per heavy atom. The molecule has 0 atom stereocenters. The molecule has 2 heterocycles. The van der Waals surface area contributed by atoms with Gasteiger partial charge in [-0.25, -0.2) is 0 Å². The van der Waals surface area contributed by atoms with Gasteiger partial charge in [0.05, 0.1) is 5.56 Å². The zero-order valence-corrected chi connectivity index (χ0v) is 16.3. The number of thiophene rings is 1. The molecule has 8 nitrogen and oxygen atoms in total. The van der Waals surface area contributed by atoms with E-state index in [4.69, 9.17) is 10.5 Å². The third-order valence-electron chi connectivity index (χ3n) is 4.30. The van der Waals surface area contributed by atoms with Gasteiger partial charge >= 0.3 is 10.8 Å². The number of hydrogen-bond acceptors (Lipinski definition) is 7. The summed E-state index contributed by atoms with van der Waals surface area (Å²) in [6.45, 7) is 0.959. The zero-order valence-electron chi connectivity index (χ0n) is 14.7. The van der Waals surface area contributed by atoms with Crippen LogP contribution in [-0.4, -0.2) is 29.0 Å². The van der Waals surface area contributed by atoms with Crippen LogP contribution in [0.25, 0.3) is 0 Å². The van der Waals surface area contributed by atoms with Crippen LogP contribution in [0.15, 0.2) is 10.2 Å². The van der Waals surface area contributed by atoms with Crippen molar-refractivity contribution in [3.63, 3.8) is 0 Å². The van der Waals surface area contributed by atoms with Gasteiger partial charge in [0.15, 0.2) is 6.61 Å². The fourth-order valence-corrected chi connectivity index (χ4v) is 5.04. The molecular formula is C17H19N3O5S2. The van der Waals surface area contributed by atoms with Crippen LogP contribution in [0.1, 0.15) is 39.3 Å². The van der Waals surface area contributed by atoms with E-state index in [9.17, 15) is 19.2 Å². The SMILES string of the molecule is Cc1csc(=O)n1CC(=O)OCC(=O)Nc1sc2c(c1C(N)=O)CCCC2. The average molecular weight is 409 g/mol. The molecule has 3 rings (SSSR count). The fraction of sp³-hybridized carbons (Fsp3) is 0.412. The maximum Gasteiger partial charge on any atom is 0.326 e. The molecule has 2 aromatic heterocycles. The van der Waals surface area contributed by atoms with Crippen molar-refractivity contribution in [2.75, 3.05) is 11.9 Å². The largest absolute Gasteiger partial charge is 0.454 e. The number of fused-ring (bicyclic) bond motifs is 1. The first-order chi connectivity index (χ1) is 12.9. The van der Waals surface area contributed by atoms with Crippen molar-refractivity contribution >= 4 is 45.5 Å². The Morgan fingerprint density at radius 3 is 2.70 bits per heavy atom. The fourth-order valence-electron chi connectivity index (χ4n) is 2.99. The molecule has 10 heteroatoms. The van der Waals surface area contributed by atoms with Crippen LogP contribution in [0, 0.1) is 6.92 Å². The predicted molar refractivity (Wildman–Crippen MR) is 102 cm³/mol. The minimum atomic E-state index is -0.686. The van der Waals surface area contributed by atoms with Crippen LogP contribution in [-0.2, 0) is 33.7 Å². The molecule has 0 aromatic carbocycles. The van der Waals surface area contributed by atoms with Gasteiger partial charge in [-0.3, -0.25) is 23.7 Å². The highest BCUT2D eigenvalue weighted by molar-refractivity contribution is 7.17. The maximum atomic E-state index is 12.1. The number of amides is 2. The molecule has 1 aliphatic carbocycles. The second kappa shape index (κ2) is 8.05. The van der Waals surface area contributed by atoms with Gasteiger partial charge in [-0.15, -0.1) is 11.3 Å². The molecule has 0 fully saturated rings. The Kier molecular flexibility index (Phi) is 5.76. The Labute approximate surface area is 162 Å². The minimum Gasteiger partial charge on any atom is -0.454 e. The summed E-state index contributed by atoms with van der Waals surface area (Å²) < 4.78 is 6.23. The van der Waals surface area contributed by atoms with Crippen molar-refractivity contribution in [3.05, 3.63) is 36.7 Å². The van der Waals surface area contributed by atoms with Crippen molar-refractivity contribution in [1.29, 1.82) is 0 Å². The molecule has 0 bridgehead atoms. The highest BCUT2D eigenvalue weighted by Crippen LogP contribution is 2.37. The summed E-state index contributed by atoms with van der Waals surface area (Å²) in [4.78, 5) is 48.2. The van der Waals surface area contributed by atoms with Crippen LogP contribution in [0.4, 0.5) is 5.00 Å². The summed E-state index contributed by atoms with van der Waals surface area (Å²) in [6, 6.07) is 0. The van der Waals surface area contributed by atoms with E-state index in [0.29, 0.717) is 16.3 Å². The van der Waals surface area contributed by atoms with E-state index in [1.165, 1.54) is 15.9 Å². The lowest BCUT2D eigenvalue weighted by molar-refractivity contribution is -0.147. The molecule has 0 spiro atoms. The molecule has 2 aromatic rings. The van der Waals surface area contributed by atoms with Crippen molar-refractivity contribution < 1.29 is 19.1 Å². The van der Waals surface area contributed by atoms with Crippen LogP contribution >= 0.6 is 22.7 Å². The van der Waals surface area contributed by atoms with Gasteiger partial charge in [-0.2, -0.15) is 0 Å². The number of ether oxygens (including phenoxy) is 1. The molecule has 0 saturated heterocycles. The van der Waals surface area contributed by atoms with Crippen LogP contribution in [0.5, 0.6) is 0 Å². The second-order valence-electron chi connectivity index (χ2n) is 6.22. The summed E-state index contributed by atoms with van der Waals surface area (Å²) in [5.74, 6) is -1.82. The number of aryl methyl sites for hydroxylation is 2. The van der Waals surface area contributed by atoms with Gasteiger partial charge in [0.25, 0.3) is 11.8 Å². The molecular weight excluding hydrogens is 390 g/mol. The zero-order chi connectivity index (χ0) is 19.6. The highest BCUT2D eigenvalue weighted by atomic mass is 32.1. The van der Waals surface area contributed by atoms with Crippen LogP contribution < -0.4 is 15.9 Å². The number of anilines is 1. The standard InChI is InChI=1S/C17H19N3O5S2/c1-9-8-26-17(24)20(9)6-13(22)25-7-12(21)19-16-14(15(18)23)10-4-2-3-5-11(10)27-16/h8H,2-7H2,1H3,(H2,18,23)(H,19,21). The van der Waals surface area contributed by atoms with E-state index >= 15 is 0 Å². The average Bonchev–Trinajstić information content (AvgIpc) is 3.14. The van der Waals surface area contributed by atoms with Crippen molar-refractivity contribution in [1.82, 2.24) is 4.57 Å². The van der Waals surface area contributed by atoms with E-state index in [1.54, 1.807) is 12.3 Å². The van der Waals surface area contributed by atoms with E-state index in [0.717, 1.165) is 47.5 Å². The summed E-state index contributed by atoms with van der Waals surface area (Å²) in [6.07, 6.45) is 3.65. The van der Waals surface area contributed by atoms with E-state index in [2.05, 4.69) is 5.32 Å². The number of hydrogen-bond donors (Lipinski definition) is 2. The summed E-state index contributed by atoms with van der Waals surface area (Å²) >= 11 is 2.34. The number of nitrogens with zero attached hydrogens (tertiary/aromatic N) is 1. The Balaban J connectivity index is 1.61. The summed E-state index contributed by atoms with van der Waals surface area (Å²) in [5, 5.41) is 4.67. The number of rotatable bonds is 6. The lowest BCUT2D eigenvalue weighted by Crippen LogP contribution is -2.26. The molecule has 3 N–H and O–H groups in total. The summed E-state index contributed by atoms with van der Waals surface area (Å²) in [5.41, 5.74) is 7.41. The number of thiazole rings is 1. The second-order valence-corrected chi connectivity index (χ2v) is 8.14. The van der Waals surface area contributed by atoms with E-state index < -0.39 is 24.4 Å². The smallest absolute Gasteiger partial charge is 0.326 e. The first-order valence-corrected chi connectivity index (χ1v) is 10.1. The molecule has 0 unspecified atom stereocenters. The molecule has 0 aliphatic heterocycles. The number of carbonyl (C=O) groups is 3. The van der Waals surface area contributed by atoms with Gasteiger partial charge < -0.3 is 15.8 Å². The lowest BCUT2D eigenvalue weighted by Gasteiger charge is -2.11. The molecule has 27 heavy (non-hydrogen) atoms. The Bertz CT molecular complexity index is 956. The number of aromatic nitrogens is 1. The van der Waals surface area contributed by atoms with Gasteiger partial charge in [0.2, 0.25) is 0 Å². The van der Waals surface area contributed by atoms with E-state index in [1.807, 2.05) is 0 Å². The number of primary amides is 1. The third-order valence-corrected chi connectivity index (χ3v) is 6.39. The number of carbonyl (C=O) groups excluding carboxylic acids is 3. The molecule has 144 valence electrons. The Morgan fingerprint density at radius 2 is 2.04 bits per heavy atom. The van der Waals surface area contributed by atoms with Crippen molar-refractivity contribution in [3.8, 4) is 0 Å². The molecule has 0 radical (unpaired) electrons. The van der Waals surface area contributed by atoms with Gasteiger partial charge in [-0.1, -0.05) is 11.3 Å². The van der Waals surface area contributed by atoms with Crippen LogP contribution in [0.2, 0.25) is 0 Å². The first kappa shape index (κ1) is 19.3.